The molecule has 1 aromatic heterocycles. The van der Waals surface area contributed by atoms with Crippen LogP contribution in [0.2, 0.25) is 0 Å². The molecule has 1 N–H and O–H groups in total. The molecule has 2 aromatic rings. The molecule has 0 saturated carbocycles. The van der Waals surface area contributed by atoms with Crippen molar-refractivity contribution in [3.63, 3.8) is 0 Å². The van der Waals surface area contributed by atoms with Crippen LogP contribution in [0.25, 0.3) is 11.0 Å². The minimum atomic E-state index is -0.227. The number of aryl methyl sites for hydroxylation is 1. The highest BCUT2D eigenvalue weighted by molar-refractivity contribution is 5.96. The van der Waals surface area contributed by atoms with Crippen molar-refractivity contribution in [1.82, 2.24) is 14.9 Å². The Morgan fingerprint density at radius 1 is 1.32 bits per heavy atom. The Morgan fingerprint density at radius 2 is 2.05 bits per heavy atom. The Bertz CT molecular complexity index is 616. The summed E-state index contributed by atoms with van der Waals surface area (Å²) >= 11 is 0. The fourth-order valence-corrected chi connectivity index (χ4v) is 2.07. The SMILES string of the molecule is CC(=O)CC(=O)NCCn1c(C)nc2ccccc21. The first kappa shape index (κ1) is 13.3. The second-order valence-electron chi connectivity index (χ2n) is 4.53. The standard InChI is InChI=1S/C14H17N3O2/c1-10(18)9-14(19)15-7-8-17-11(2)16-12-5-3-4-6-13(12)17/h3-6H,7-9H2,1-2H3,(H,15,19). The van der Waals surface area contributed by atoms with Gasteiger partial charge in [-0.15, -0.1) is 0 Å². The van der Waals surface area contributed by atoms with E-state index in [0.717, 1.165) is 16.9 Å². The molecule has 0 bridgehead atoms. The van der Waals surface area contributed by atoms with E-state index in [-0.39, 0.29) is 18.1 Å². The van der Waals surface area contributed by atoms with Gasteiger partial charge in [0, 0.05) is 13.1 Å². The summed E-state index contributed by atoms with van der Waals surface area (Å²) in [6.45, 7) is 4.49. The van der Waals surface area contributed by atoms with Crippen molar-refractivity contribution in [2.45, 2.75) is 26.8 Å². The fourth-order valence-electron chi connectivity index (χ4n) is 2.07. The predicted octanol–water partition coefficient (Wildman–Crippen LogP) is 1.44. The third kappa shape index (κ3) is 3.19. The molecule has 0 saturated heterocycles. The van der Waals surface area contributed by atoms with Gasteiger partial charge in [0.15, 0.2) is 0 Å². The summed E-state index contributed by atoms with van der Waals surface area (Å²) in [7, 11) is 0. The predicted molar refractivity (Wildman–Crippen MR) is 72.8 cm³/mol. The van der Waals surface area contributed by atoms with E-state index < -0.39 is 0 Å². The summed E-state index contributed by atoms with van der Waals surface area (Å²) in [4.78, 5) is 26.6. The van der Waals surface area contributed by atoms with Crippen LogP contribution >= 0.6 is 0 Å². The number of Topliss-reactive ketones (excluding diaryl/α,β-unsaturated/α-hetero) is 1. The van der Waals surface area contributed by atoms with Gasteiger partial charge in [0.25, 0.3) is 0 Å². The lowest BCUT2D eigenvalue weighted by Crippen LogP contribution is -2.28. The molecule has 0 spiro atoms. The molecule has 0 unspecified atom stereocenters. The van der Waals surface area contributed by atoms with E-state index in [1.165, 1.54) is 6.92 Å². The molecule has 5 nitrogen and oxygen atoms in total. The van der Waals surface area contributed by atoms with Gasteiger partial charge in [-0.1, -0.05) is 12.1 Å². The van der Waals surface area contributed by atoms with Gasteiger partial charge in [-0.2, -0.15) is 0 Å². The summed E-state index contributed by atoms with van der Waals surface area (Å²) in [6, 6.07) is 7.89. The van der Waals surface area contributed by atoms with Crippen LogP contribution in [-0.4, -0.2) is 27.8 Å². The van der Waals surface area contributed by atoms with Crippen LogP contribution in [0.4, 0.5) is 0 Å². The molecule has 1 heterocycles. The highest BCUT2D eigenvalue weighted by Crippen LogP contribution is 2.14. The number of nitrogens with zero attached hydrogens (tertiary/aromatic N) is 2. The minimum absolute atomic E-state index is 0.0519. The van der Waals surface area contributed by atoms with Crippen LogP contribution in [0, 0.1) is 6.92 Å². The van der Waals surface area contributed by atoms with E-state index in [1.807, 2.05) is 31.2 Å². The first-order valence-corrected chi connectivity index (χ1v) is 6.26. The maximum Gasteiger partial charge on any atom is 0.227 e. The number of para-hydroxylation sites is 2. The third-order valence-corrected chi connectivity index (χ3v) is 2.91. The van der Waals surface area contributed by atoms with Crippen molar-refractivity contribution in [2.75, 3.05) is 6.54 Å². The molecule has 0 fully saturated rings. The number of ketones is 1. The van der Waals surface area contributed by atoms with Gasteiger partial charge in [-0.3, -0.25) is 9.59 Å². The Labute approximate surface area is 111 Å². The molecule has 0 aliphatic heterocycles. The number of hydrogen-bond donors (Lipinski definition) is 1. The number of aromatic nitrogens is 2. The molecule has 5 heteroatoms. The van der Waals surface area contributed by atoms with Crippen LogP contribution in [0.1, 0.15) is 19.2 Å². The molecule has 0 radical (unpaired) electrons. The lowest BCUT2D eigenvalue weighted by molar-refractivity contribution is -0.127. The van der Waals surface area contributed by atoms with Crippen molar-refractivity contribution in [1.29, 1.82) is 0 Å². The number of nitrogens with one attached hydrogen (secondary N) is 1. The average Bonchev–Trinajstić information content (AvgIpc) is 2.65. The third-order valence-electron chi connectivity index (χ3n) is 2.91. The number of fused-ring (bicyclic) bond motifs is 1. The van der Waals surface area contributed by atoms with Gasteiger partial charge < -0.3 is 9.88 Å². The van der Waals surface area contributed by atoms with E-state index in [4.69, 9.17) is 0 Å². The molecule has 0 atom stereocenters. The van der Waals surface area contributed by atoms with Crippen LogP contribution in [0.5, 0.6) is 0 Å². The van der Waals surface area contributed by atoms with Crippen molar-refractivity contribution >= 4 is 22.7 Å². The van der Waals surface area contributed by atoms with Crippen molar-refractivity contribution in [3.05, 3.63) is 30.1 Å². The summed E-state index contributed by atoms with van der Waals surface area (Å²) in [5.74, 6) is 0.568. The molecule has 1 aromatic carbocycles. The Kier molecular flexibility index (Phi) is 3.94. The maximum atomic E-state index is 11.4. The van der Waals surface area contributed by atoms with E-state index in [1.54, 1.807) is 0 Å². The highest BCUT2D eigenvalue weighted by Gasteiger charge is 2.07. The topological polar surface area (TPSA) is 64.0 Å². The zero-order valence-corrected chi connectivity index (χ0v) is 11.1. The van der Waals surface area contributed by atoms with E-state index in [0.29, 0.717) is 13.1 Å². The number of rotatable bonds is 5. The Hall–Kier alpha value is -2.17. The first-order chi connectivity index (χ1) is 9.08. The van der Waals surface area contributed by atoms with Gasteiger partial charge in [0.2, 0.25) is 5.91 Å². The first-order valence-electron chi connectivity index (χ1n) is 6.26. The van der Waals surface area contributed by atoms with Crippen molar-refractivity contribution in [3.8, 4) is 0 Å². The summed E-state index contributed by atoms with van der Waals surface area (Å²) in [5.41, 5.74) is 2.01. The van der Waals surface area contributed by atoms with Crippen molar-refractivity contribution in [2.24, 2.45) is 0 Å². The van der Waals surface area contributed by atoms with Crippen LogP contribution in [-0.2, 0) is 16.1 Å². The average molecular weight is 259 g/mol. The quantitative estimate of drug-likeness (QED) is 0.826. The number of benzene rings is 1. The van der Waals surface area contributed by atoms with Gasteiger partial charge in [0.05, 0.1) is 17.5 Å². The zero-order valence-electron chi connectivity index (χ0n) is 11.1. The molecule has 0 aliphatic carbocycles. The van der Waals surface area contributed by atoms with Gasteiger partial charge in [-0.25, -0.2) is 4.98 Å². The molecule has 100 valence electrons. The summed E-state index contributed by atoms with van der Waals surface area (Å²) in [6.07, 6.45) is -0.0519. The molecule has 19 heavy (non-hydrogen) atoms. The van der Waals surface area contributed by atoms with E-state index in [2.05, 4.69) is 14.9 Å². The smallest absolute Gasteiger partial charge is 0.227 e. The Morgan fingerprint density at radius 3 is 2.79 bits per heavy atom. The van der Waals surface area contributed by atoms with Gasteiger partial charge in [0.1, 0.15) is 11.6 Å². The van der Waals surface area contributed by atoms with Crippen molar-refractivity contribution < 1.29 is 9.59 Å². The van der Waals surface area contributed by atoms with Crippen LogP contribution in [0.15, 0.2) is 24.3 Å². The molecule has 2 rings (SSSR count). The minimum Gasteiger partial charge on any atom is -0.354 e. The fraction of sp³-hybridized carbons (Fsp3) is 0.357. The normalized spacial score (nSPS) is 10.6. The van der Waals surface area contributed by atoms with Crippen LogP contribution in [0.3, 0.4) is 0 Å². The lowest BCUT2D eigenvalue weighted by atomic mass is 10.3. The monoisotopic (exact) mass is 259 g/mol. The lowest BCUT2D eigenvalue weighted by Gasteiger charge is -2.08. The second kappa shape index (κ2) is 5.65. The summed E-state index contributed by atoms with van der Waals surface area (Å²) < 4.78 is 2.06. The number of carbonyl (C=O) groups excluding carboxylic acids is 2. The summed E-state index contributed by atoms with van der Waals surface area (Å²) in [5, 5.41) is 2.74. The Balaban J connectivity index is 2.00. The highest BCUT2D eigenvalue weighted by atomic mass is 16.2. The molecular weight excluding hydrogens is 242 g/mol. The number of amides is 1. The van der Waals surface area contributed by atoms with E-state index >= 15 is 0 Å². The van der Waals surface area contributed by atoms with Gasteiger partial charge >= 0.3 is 0 Å². The number of carbonyl (C=O) groups is 2. The van der Waals surface area contributed by atoms with Gasteiger partial charge in [-0.05, 0) is 26.0 Å². The zero-order chi connectivity index (χ0) is 13.8. The number of hydrogen-bond acceptors (Lipinski definition) is 3. The van der Waals surface area contributed by atoms with E-state index in [9.17, 15) is 9.59 Å². The number of imidazole rings is 1. The molecular formula is C14H17N3O2. The largest absolute Gasteiger partial charge is 0.354 e. The molecule has 0 aliphatic rings. The van der Waals surface area contributed by atoms with Crippen LogP contribution < -0.4 is 5.32 Å². The molecule has 1 amide bonds. The second-order valence-corrected chi connectivity index (χ2v) is 4.53. The maximum absolute atomic E-state index is 11.4.